The van der Waals surface area contributed by atoms with Gasteiger partial charge in [0.2, 0.25) is 0 Å². The number of aryl methyl sites for hydroxylation is 1. The lowest BCUT2D eigenvalue weighted by molar-refractivity contribution is 0.0983. The normalized spacial score (nSPS) is 12.8. The number of benzene rings is 3. The van der Waals surface area contributed by atoms with Crippen molar-refractivity contribution in [3.05, 3.63) is 87.4 Å². The summed E-state index contributed by atoms with van der Waals surface area (Å²) in [7, 11) is 0. The van der Waals surface area contributed by atoms with E-state index in [1.165, 1.54) is 0 Å². The summed E-state index contributed by atoms with van der Waals surface area (Å²) in [6, 6.07) is 19.6. The van der Waals surface area contributed by atoms with Crippen molar-refractivity contribution < 1.29 is 9.53 Å². The van der Waals surface area contributed by atoms with Crippen LogP contribution in [0.4, 0.5) is 5.69 Å². The van der Waals surface area contributed by atoms with E-state index in [-0.39, 0.29) is 5.91 Å². The number of ether oxygens (including phenoxy) is 1. The molecular weight excluding hydrogens is 407 g/mol. The van der Waals surface area contributed by atoms with Gasteiger partial charge < -0.3 is 9.64 Å². The molecule has 4 rings (SSSR count). The molecule has 144 valence electrons. The number of hydrogen-bond donors (Lipinski definition) is 0. The first kappa shape index (κ1) is 19.3. The second-order valence-electron chi connectivity index (χ2n) is 6.69. The molecule has 0 radical (unpaired) electrons. The Bertz CT molecular complexity index is 1140. The summed E-state index contributed by atoms with van der Waals surface area (Å²) in [5.74, 6) is 0.445. The summed E-state index contributed by atoms with van der Waals surface area (Å²) in [6.45, 7) is 0.601. The first-order chi connectivity index (χ1) is 14.1. The van der Waals surface area contributed by atoms with Gasteiger partial charge in [-0.2, -0.15) is 5.26 Å². The molecular formula is C23H16Cl2N2O2. The molecule has 0 unspecified atom stereocenters. The molecule has 29 heavy (non-hydrogen) atoms. The predicted octanol–water partition coefficient (Wildman–Crippen LogP) is 6.25. The van der Waals surface area contributed by atoms with Crippen LogP contribution in [0.3, 0.4) is 0 Å². The van der Waals surface area contributed by atoms with Crippen molar-refractivity contribution in [2.45, 2.75) is 12.8 Å². The average Bonchev–Trinajstić information content (AvgIpc) is 2.75. The first-order valence-corrected chi connectivity index (χ1v) is 9.89. The minimum atomic E-state index is -0.220. The van der Waals surface area contributed by atoms with Crippen LogP contribution >= 0.6 is 23.2 Å². The molecule has 6 heteroatoms. The molecule has 0 aliphatic carbocycles. The number of halogens is 2. The highest BCUT2D eigenvalue weighted by molar-refractivity contribution is 6.34. The number of anilines is 1. The Morgan fingerprint density at radius 1 is 1.03 bits per heavy atom. The Morgan fingerprint density at radius 3 is 2.69 bits per heavy atom. The molecule has 0 saturated carbocycles. The van der Waals surface area contributed by atoms with Gasteiger partial charge in [0.25, 0.3) is 5.91 Å². The molecule has 4 nitrogen and oxygen atoms in total. The quantitative estimate of drug-likeness (QED) is 0.500. The number of nitriles is 1. The molecule has 3 aromatic rings. The van der Waals surface area contributed by atoms with Gasteiger partial charge in [-0.3, -0.25) is 4.79 Å². The highest BCUT2D eigenvalue weighted by Crippen LogP contribution is 2.35. The summed E-state index contributed by atoms with van der Waals surface area (Å²) >= 11 is 12.3. The van der Waals surface area contributed by atoms with Gasteiger partial charge in [0.05, 0.1) is 22.2 Å². The Kier molecular flexibility index (Phi) is 5.44. The Hall–Kier alpha value is -3.00. The fraction of sp³-hybridized carbons (Fsp3) is 0.130. The van der Waals surface area contributed by atoms with E-state index in [9.17, 15) is 10.1 Å². The second kappa shape index (κ2) is 8.16. The maximum absolute atomic E-state index is 13.5. The summed E-state index contributed by atoms with van der Waals surface area (Å²) in [5, 5.41) is 10.2. The summed E-state index contributed by atoms with van der Waals surface area (Å²) < 4.78 is 5.95. The molecule has 0 spiro atoms. The van der Waals surface area contributed by atoms with Crippen LogP contribution in [0.1, 0.15) is 27.9 Å². The molecule has 3 aromatic carbocycles. The van der Waals surface area contributed by atoms with Crippen LogP contribution in [0.2, 0.25) is 10.0 Å². The average molecular weight is 423 g/mol. The van der Waals surface area contributed by atoms with Crippen molar-refractivity contribution in [3.63, 3.8) is 0 Å². The van der Waals surface area contributed by atoms with E-state index in [1.54, 1.807) is 41.3 Å². The third-order valence-corrected chi connectivity index (χ3v) is 5.35. The lowest BCUT2D eigenvalue weighted by atomic mass is 10.00. The van der Waals surface area contributed by atoms with Gasteiger partial charge in [-0.25, -0.2) is 0 Å². The van der Waals surface area contributed by atoms with Crippen LogP contribution < -0.4 is 9.64 Å². The number of carbonyl (C=O) groups excluding carboxylic acids is 1. The molecule has 0 fully saturated rings. The fourth-order valence-corrected chi connectivity index (χ4v) is 3.74. The van der Waals surface area contributed by atoms with Gasteiger partial charge in [-0.1, -0.05) is 41.4 Å². The molecule has 0 atom stereocenters. The monoisotopic (exact) mass is 422 g/mol. The highest BCUT2D eigenvalue weighted by Gasteiger charge is 2.26. The standard InChI is InChI=1S/C23H16Cl2N2O2/c24-17-8-9-19(25)22(13-17)29-21-10-7-15(14-26)12-18(21)23(28)27-11-3-5-16-4-1-2-6-20(16)27/h1-2,4,6-10,12-13H,3,5,11H2. The number of rotatable bonds is 3. The van der Waals surface area contributed by atoms with Crippen molar-refractivity contribution in [1.82, 2.24) is 0 Å². The zero-order valence-corrected chi connectivity index (χ0v) is 16.9. The third kappa shape index (κ3) is 3.93. The van der Waals surface area contributed by atoms with Crippen LogP contribution in [0, 0.1) is 11.3 Å². The maximum atomic E-state index is 13.5. The molecule has 1 heterocycles. The van der Waals surface area contributed by atoms with Gasteiger partial charge in [-0.15, -0.1) is 0 Å². The number of amides is 1. The number of nitrogens with zero attached hydrogens (tertiary/aromatic N) is 2. The van der Waals surface area contributed by atoms with E-state index in [0.29, 0.717) is 39.2 Å². The smallest absolute Gasteiger partial charge is 0.262 e. The van der Waals surface area contributed by atoms with Gasteiger partial charge in [0.15, 0.2) is 0 Å². The molecule has 1 aliphatic rings. The minimum absolute atomic E-state index is 0.220. The number of carbonyl (C=O) groups is 1. The number of hydrogen-bond acceptors (Lipinski definition) is 3. The summed E-state index contributed by atoms with van der Waals surface area (Å²) in [4.78, 5) is 15.2. The molecule has 1 aliphatic heterocycles. The largest absolute Gasteiger partial charge is 0.455 e. The van der Waals surface area contributed by atoms with Crippen LogP contribution in [-0.4, -0.2) is 12.5 Å². The van der Waals surface area contributed by atoms with E-state index in [4.69, 9.17) is 27.9 Å². The second-order valence-corrected chi connectivity index (χ2v) is 7.53. The number of para-hydroxylation sites is 1. The molecule has 0 bridgehead atoms. The zero-order chi connectivity index (χ0) is 20.4. The van der Waals surface area contributed by atoms with Crippen molar-refractivity contribution >= 4 is 34.8 Å². The van der Waals surface area contributed by atoms with Gasteiger partial charge in [0.1, 0.15) is 11.5 Å². The molecule has 0 N–H and O–H groups in total. The zero-order valence-electron chi connectivity index (χ0n) is 15.4. The SMILES string of the molecule is N#Cc1ccc(Oc2cc(Cl)ccc2Cl)c(C(=O)N2CCCc3ccccc32)c1. The topological polar surface area (TPSA) is 53.3 Å². The third-order valence-electron chi connectivity index (χ3n) is 4.81. The van der Waals surface area contributed by atoms with E-state index < -0.39 is 0 Å². The van der Waals surface area contributed by atoms with E-state index in [0.717, 1.165) is 24.1 Å². The predicted molar refractivity (Wildman–Crippen MR) is 114 cm³/mol. The van der Waals surface area contributed by atoms with Gasteiger partial charge in [0, 0.05) is 23.3 Å². The van der Waals surface area contributed by atoms with E-state index in [1.807, 2.05) is 24.3 Å². The summed E-state index contributed by atoms with van der Waals surface area (Å²) in [5.41, 5.74) is 2.70. The van der Waals surface area contributed by atoms with Crippen molar-refractivity contribution in [2.24, 2.45) is 0 Å². The lowest BCUT2D eigenvalue weighted by Crippen LogP contribution is -2.35. The lowest BCUT2D eigenvalue weighted by Gasteiger charge is -2.30. The maximum Gasteiger partial charge on any atom is 0.262 e. The minimum Gasteiger partial charge on any atom is -0.455 e. The molecule has 0 aromatic heterocycles. The Labute approximate surface area is 178 Å². The van der Waals surface area contributed by atoms with Crippen LogP contribution in [0.25, 0.3) is 0 Å². The van der Waals surface area contributed by atoms with Crippen molar-refractivity contribution in [3.8, 4) is 17.6 Å². The van der Waals surface area contributed by atoms with E-state index >= 15 is 0 Å². The molecule has 1 amide bonds. The summed E-state index contributed by atoms with van der Waals surface area (Å²) in [6.07, 6.45) is 1.80. The highest BCUT2D eigenvalue weighted by atomic mass is 35.5. The van der Waals surface area contributed by atoms with Crippen LogP contribution in [-0.2, 0) is 6.42 Å². The van der Waals surface area contributed by atoms with E-state index in [2.05, 4.69) is 6.07 Å². The van der Waals surface area contributed by atoms with Crippen molar-refractivity contribution in [2.75, 3.05) is 11.4 Å². The fourth-order valence-electron chi connectivity index (χ4n) is 3.42. The van der Waals surface area contributed by atoms with Crippen LogP contribution in [0.15, 0.2) is 60.7 Å². The molecule has 0 saturated heterocycles. The van der Waals surface area contributed by atoms with Gasteiger partial charge >= 0.3 is 0 Å². The van der Waals surface area contributed by atoms with Crippen LogP contribution in [0.5, 0.6) is 11.5 Å². The Balaban J connectivity index is 1.76. The van der Waals surface area contributed by atoms with Gasteiger partial charge in [-0.05, 0) is 54.8 Å². The first-order valence-electron chi connectivity index (χ1n) is 9.13. The number of fused-ring (bicyclic) bond motifs is 1. The Morgan fingerprint density at radius 2 is 1.86 bits per heavy atom. The van der Waals surface area contributed by atoms with Crippen molar-refractivity contribution in [1.29, 1.82) is 5.26 Å².